The summed E-state index contributed by atoms with van der Waals surface area (Å²) in [6.07, 6.45) is 4.12. The van der Waals surface area contributed by atoms with Gasteiger partial charge in [0.05, 0.1) is 6.54 Å². The molecule has 0 fully saturated rings. The summed E-state index contributed by atoms with van der Waals surface area (Å²) in [5.74, 6) is 2.09. The molecule has 2 rings (SSSR count). The second-order valence-electron chi connectivity index (χ2n) is 4.83. The molecule has 0 amide bonds. The van der Waals surface area contributed by atoms with Crippen LogP contribution in [0.4, 0.5) is 0 Å². The van der Waals surface area contributed by atoms with E-state index in [9.17, 15) is 0 Å². The molecule has 5 nitrogen and oxygen atoms in total. The number of aryl methyl sites for hydroxylation is 1. The smallest absolute Gasteiger partial charge is 0.156 e. The van der Waals surface area contributed by atoms with Gasteiger partial charge >= 0.3 is 0 Å². The van der Waals surface area contributed by atoms with E-state index in [0.717, 1.165) is 23.3 Å². The summed E-state index contributed by atoms with van der Waals surface area (Å²) in [5, 5.41) is 12.3. The third-order valence-electron chi connectivity index (χ3n) is 3.78. The third kappa shape index (κ3) is 2.85. The Labute approximate surface area is 112 Å². The van der Waals surface area contributed by atoms with Gasteiger partial charge in [0, 0.05) is 19.3 Å². The molecule has 100 valence electrons. The Morgan fingerprint density at radius 2 is 2.22 bits per heavy atom. The van der Waals surface area contributed by atoms with Gasteiger partial charge in [-0.1, -0.05) is 25.6 Å². The van der Waals surface area contributed by atoms with Gasteiger partial charge in [-0.2, -0.15) is 0 Å². The number of nitrogens with zero attached hydrogens (tertiary/aromatic N) is 4. The normalized spacial score (nSPS) is 18.5. The van der Waals surface area contributed by atoms with Crippen LogP contribution in [-0.2, 0) is 13.6 Å². The van der Waals surface area contributed by atoms with Gasteiger partial charge in [0.1, 0.15) is 6.33 Å². The second kappa shape index (κ2) is 5.73. The monoisotopic (exact) mass is 267 g/mol. The van der Waals surface area contributed by atoms with Crippen LogP contribution in [0, 0.1) is 5.41 Å². The number of hydrogen-bond donors (Lipinski definition) is 1. The Kier molecular flexibility index (Phi) is 4.27. The highest BCUT2D eigenvalue weighted by molar-refractivity contribution is 8.13. The zero-order valence-electron chi connectivity index (χ0n) is 11.3. The average Bonchev–Trinajstić information content (AvgIpc) is 2.83. The Balaban J connectivity index is 1.89. The van der Waals surface area contributed by atoms with E-state index >= 15 is 0 Å². The van der Waals surface area contributed by atoms with E-state index in [1.807, 2.05) is 23.4 Å². The summed E-state index contributed by atoms with van der Waals surface area (Å²) in [6.45, 7) is 6.15. The predicted molar refractivity (Wildman–Crippen MR) is 75.6 cm³/mol. The lowest BCUT2D eigenvalue weighted by Gasteiger charge is -2.33. The highest BCUT2D eigenvalue weighted by Crippen LogP contribution is 2.34. The predicted octanol–water partition coefficient (Wildman–Crippen LogP) is 1.81. The van der Waals surface area contributed by atoms with Crippen LogP contribution in [0.3, 0.4) is 0 Å². The molecule has 18 heavy (non-hydrogen) atoms. The number of hydrogen-bond acceptors (Lipinski definition) is 5. The summed E-state index contributed by atoms with van der Waals surface area (Å²) in [4.78, 5) is 4.66. The summed E-state index contributed by atoms with van der Waals surface area (Å²) in [6, 6.07) is 0. The number of aromatic nitrogens is 3. The van der Waals surface area contributed by atoms with Gasteiger partial charge in [-0.3, -0.25) is 4.99 Å². The van der Waals surface area contributed by atoms with E-state index in [2.05, 4.69) is 34.4 Å². The molecule has 0 unspecified atom stereocenters. The van der Waals surface area contributed by atoms with Crippen molar-refractivity contribution in [1.29, 1.82) is 0 Å². The SMILES string of the molecule is CCC1(CC)CN=C(NCc2nncn2C)SC1. The van der Waals surface area contributed by atoms with Crippen LogP contribution < -0.4 is 5.32 Å². The molecule has 1 N–H and O–H groups in total. The van der Waals surface area contributed by atoms with E-state index in [0.29, 0.717) is 12.0 Å². The Hall–Kier alpha value is -1.04. The fourth-order valence-corrected chi connectivity index (χ4v) is 3.23. The van der Waals surface area contributed by atoms with Crippen molar-refractivity contribution in [3.05, 3.63) is 12.2 Å². The fraction of sp³-hybridized carbons (Fsp3) is 0.750. The first-order valence-corrected chi connectivity index (χ1v) is 7.41. The number of rotatable bonds is 4. The van der Waals surface area contributed by atoms with E-state index < -0.39 is 0 Å². The quantitative estimate of drug-likeness (QED) is 0.904. The van der Waals surface area contributed by atoms with Crippen molar-refractivity contribution in [3.63, 3.8) is 0 Å². The van der Waals surface area contributed by atoms with E-state index in [-0.39, 0.29) is 0 Å². The topological polar surface area (TPSA) is 55.1 Å². The second-order valence-corrected chi connectivity index (χ2v) is 5.79. The van der Waals surface area contributed by atoms with Crippen molar-refractivity contribution in [1.82, 2.24) is 20.1 Å². The summed E-state index contributed by atoms with van der Waals surface area (Å²) < 4.78 is 1.92. The molecule has 0 saturated carbocycles. The highest BCUT2D eigenvalue weighted by atomic mass is 32.2. The van der Waals surface area contributed by atoms with Crippen LogP contribution in [-0.4, -0.2) is 32.2 Å². The van der Waals surface area contributed by atoms with E-state index in [1.165, 1.54) is 12.8 Å². The minimum Gasteiger partial charge on any atom is -0.358 e. The van der Waals surface area contributed by atoms with Gasteiger partial charge in [0.2, 0.25) is 0 Å². The minimum atomic E-state index is 0.403. The highest BCUT2D eigenvalue weighted by Gasteiger charge is 2.29. The largest absolute Gasteiger partial charge is 0.358 e. The van der Waals surface area contributed by atoms with Crippen LogP contribution in [0.2, 0.25) is 0 Å². The van der Waals surface area contributed by atoms with Gasteiger partial charge in [-0.25, -0.2) is 0 Å². The van der Waals surface area contributed by atoms with E-state index in [4.69, 9.17) is 0 Å². The maximum Gasteiger partial charge on any atom is 0.156 e. The molecule has 6 heteroatoms. The molecule has 0 aromatic carbocycles. The van der Waals surface area contributed by atoms with Gasteiger partial charge in [0.25, 0.3) is 0 Å². The standard InChI is InChI=1S/C12H21N5S/c1-4-12(5-2)7-14-11(18-8-12)13-6-10-16-15-9-17(10)3/h9H,4-8H2,1-3H3,(H,13,14). The van der Waals surface area contributed by atoms with Crippen LogP contribution in [0.15, 0.2) is 11.3 Å². The number of thioether (sulfide) groups is 1. The number of amidine groups is 1. The van der Waals surface area contributed by atoms with Crippen molar-refractivity contribution in [2.45, 2.75) is 33.2 Å². The van der Waals surface area contributed by atoms with Gasteiger partial charge in [0.15, 0.2) is 11.0 Å². The number of nitrogens with one attached hydrogen (secondary N) is 1. The molecule has 1 aromatic heterocycles. The summed E-state index contributed by atoms with van der Waals surface area (Å²) >= 11 is 1.83. The van der Waals surface area contributed by atoms with E-state index in [1.54, 1.807) is 6.33 Å². The zero-order valence-corrected chi connectivity index (χ0v) is 12.1. The molecule has 1 aliphatic rings. The summed E-state index contributed by atoms with van der Waals surface area (Å²) in [7, 11) is 1.95. The molecule has 2 heterocycles. The maximum atomic E-state index is 4.66. The molecule has 0 spiro atoms. The lowest BCUT2D eigenvalue weighted by molar-refractivity contribution is 0.318. The number of aliphatic imine (C=N–C) groups is 1. The van der Waals surface area contributed by atoms with Crippen LogP contribution >= 0.6 is 11.8 Å². The first-order valence-electron chi connectivity index (χ1n) is 6.43. The van der Waals surface area contributed by atoms with Crippen molar-refractivity contribution in [2.75, 3.05) is 12.3 Å². The fourth-order valence-electron chi connectivity index (χ4n) is 1.96. The maximum absolute atomic E-state index is 4.66. The van der Waals surface area contributed by atoms with Crippen molar-refractivity contribution < 1.29 is 0 Å². The molecule has 0 aliphatic carbocycles. The molecule has 0 radical (unpaired) electrons. The molecular formula is C12H21N5S. The third-order valence-corrected chi connectivity index (χ3v) is 5.08. The zero-order chi connectivity index (χ0) is 13.0. The first-order chi connectivity index (χ1) is 8.69. The lowest BCUT2D eigenvalue weighted by Crippen LogP contribution is -2.34. The molecular weight excluding hydrogens is 246 g/mol. The van der Waals surface area contributed by atoms with Crippen LogP contribution in [0.1, 0.15) is 32.5 Å². The molecule has 1 aliphatic heterocycles. The van der Waals surface area contributed by atoms with Crippen LogP contribution in [0.25, 0.3) is 0 Å². The summed E-state index contributed by atoms with van der Waals surface area (Å²) in [5.41, 5.74) is 0.403. The lowest BCUT2D eigenvalue weighted by atomic mass is 9.84. The van der Waals surface area contributed by atoms with Crippen molar-refractivity contribution >= 4 is 16.9 Å². The molecule has 0 atom stereocenters. The molecule has 0 bridgehead atoms. The Morgan fingerprint density at radius 1 is 1.44 bits per heavy atom. The Bertz CT molecular complexity index is 422. The Morgan fingerprint density at radius 3 is 2.72 bits per heavy atom. The van der Waals surface area contributed by atoms with Gasteiger partial charge in [-0.15, -0.1) is 10.2 Å². The van der Waals surface area contributed by atoms with Crippen LogP contribution in [0.5, 0.6) is 0 Å². The van der Waals surface area contributed by atoms with Gasteiger partial charge in [-0.05, 0) is 18.3 Å². The first kappa shape index (κ1) is 13.4. The van der Waals surface area contributed by atoms with Crippen molar-refractivity contribution in [2.24, 2.45) is 17.5 Å². The van der Waals surface area contributed by atoms with Gasteiger partial charge < -0.3 is 9.88 Å². The minimum absolute atomic E-state index is 0.403. The van der Waals surface area contributed by atoms with Crippen molar-refractivity contribution in [3.8, 4) is 0 Å². The molecule has 0 saturated heterocycles. The molecule has 1 aromatic rings. The average molecular weight is 267 g/mol.